The number of anilines is 1. The summed E-state index contributed by atoms with van der Waals surface area (Å²) in [4.78, 5) is 14.5. The number of fused-ring (bicyclic) bond motifs is 1. The Morgan fingerprint density at radius 2 is 1.65 bits per heavy atom. The average molecular weight is 452 g/mol. The van der Waals surface area contributed by atoms with Gasteiger partial charge in [0.15, 0.2) is 0 Å². The first-order valence-electron chi connectivity index (χ1n) is 9.66. The number of aromatic hydroxyl groups is 1. The molecule has 0 spiro atoms. The van der Waals surface area contributed by atoms with Crippen LogP contribution in [-0.4, -0.2) is 11.2 Å². The summed E-state index contributed by atoms with van der Waals surface area (Å²) in [5.74, 6) is 0.0876. The number of phenols is 1. The van der Waals surface area contributed by atoms with Gasteiger partial charge in [-0.3, -0.25) is 4.90 Å². The number of carbonyl (C=O) groups excluding carboxylic acids is 1. The molecule has 0 aliphatic carbocycles. The predicted octanol–water partition coefficient (Wildman–Crippen LogP) is 7.20. The Morgan fingerprint density at radius 1 is 0.903 bits per heavy atom. The lowest BCUT2D eigenvalue weighted by Gasteiger charge is -2.24. The van der Waals surface area contributed by atoms with Crippen LogP contribution in [0.2, 0.25) is 10.0 Å². The van der Waals surface area contributed by atoms with E-state index in [4.69, 9.17) is 27.9 Å². The Balaban J connectivity index is 1.71. The third-order valence-electron chi connectivity index (χ3n) is 4.96. The quantitative estimate of drug-likeness (QED) is 0.349. The maximum atomic E-state index is 13.1. The molecule has 0 bridgehead atoms. The highest BCUT2D eigenvalue weighted by molar-refractivity contribution is 6.36. The molecule has 4 aromatic carbocycles. The number of carbonyl (C=O) groups is 1. The third-order valence-corrected chi connectivity index (χ3v) is 5.50. The average Bonchev–Trinajstić information content (AvgIpc) is 2.78. The van der Waals surface area contributed by atoms with E-state index < -0.39 is 6.09 Å². The fraction of sp³-hybridized carbons (Fsp3) is 0.0800. The van der Waals surface area contributed by atoms with E-state index in [0.717, 1.165) is 16.3 Å². The molecule has 0 aliphatic rings. The molecule has 0 atom stereocenters. The lowest BCUT2D eigenvalue weighted by molar-refractivity contribution is 0.146. The van der Waals surface area contributed by atoms with Crippen molar-refractivity contribution >= 4 is 45.8 Å². The van der Waals surface area contributed by atoms with Crippen molar-refractivity contribution in [3.8, 4) is 5.75 Å². The minimum absolute atomic E-state index is 0.0716. The molecule has 156 valence electrons. The van der Waals surface area contributed by atoms with Crippen LogP contribution in [0.5, 0.6) is 5.75 Å². The third kappa shape index (κ3) is 4.76. The van der Waals surface area contributed by atoms with Gasteiger partial charge in [-0.15, -0.1) is 0 Å². The van der Waals surface area contributed by atoms with Gasteiger partial charge >= 0.3 is 6.09 Å². The standard InChI is InChI=1S/C25H19Cl2NO3/c26-19-11-12-23(22(27)14-19)28(25(30)31-16-17-6-2-1-3-7-17)15-21-20-9-5-4-8-18(20)10-13-24(21)29/h1-14,29H,15-16H2. The molecule has 0 aromatic heterocycles. The molecule has 0 unspecified atom stereocenters. The van der Waals surface area contributed by atoms with Gasteiger partial charge in [-0.05, 0) is 40.6 Å². The molecule has 0 fully saturated rings. The first-order valence-corrected chi connectivity index (χ1v) is 10.4. The molecule has 1 N–H and O–H groups in total. The fourth-order valence-corrected chi connectivity index (χ4v) is 3.90. The molecule has 6 heteroatoms. The van der Waals surface area contributed by atoms with Gasteiger partial charge in [-0.2, -0.15) is 0 Å². The zero-order chi connectivity index (χ0) is 21.8. The Hall–Kier alpha value is -3.21. The van der Waals surface area contributed by atoms with E-state index in [1.807, 2.05) is 60.7 Å². The van der Waals surface area contributed by atoms with Gasteiger partial charge in [0.05, 0.1) is 17.3 Å². The number of ether oxygens (including phenoxy) is 1. The molecule has 4 nitrogen and oxygen atoms in total. The Labute approximate surface area is 190 Å². The number of rotatable bonds is 5. The van der Waals surface area contributed by atoms with E-state index in [1.54, 1.807) is 24.3 Å². The molecule has 31 heavy (non-hydrogen) atoms. The summed E-state index contributed by atoms with van der Waals surface area (Å²) in [5.41, 5.74) is 1.91. The second-order valence-electron chi connectivity index (χ2n) is 7.01. The number of halogens is 2. The topological polar surface area (TPSA) is 49.8 Å². The van der Waals surface area contributed by atoms with Crippen LogP contribution in [0.25, 0.3) is 10.8 Å². The smallest absolute Gasteiger partial charge is 0.414 e. The molecule has 0 aliphatic heterocycles. The summed E-state index contributed by atoms with van der Waals surface area (Å²) in [6.45, 7) is 0.186. The Kier molecular flexibility index (Phi) is 6.31. The monoisotopic (exact) mass is 451 g/mol. The van der Waals surface area contributed by atoms with Crippen LogP contribution in [0.1, 0.15) is 11.1 Å². The van der Waals surface area contributed by atoms with Crippen LogP contribution in [0.4, 0.5) is 10.5 Å². The van der Waals surface area contributed by atoms with Crippen molar-refractivity contribution in [2.45, 2.75) is 13.2 Å². The minimum Gasteiger partial charge on any atom is -0.508 e. The Bertz CT molecular complexity index is 1230. The SMILES string of the molecule is O=C(OCc1ccccc1)N(Cc1c(O)ccc2ccccc12)c1ccc(Cl)cc1Cl. The zero-order valence-electron chi connectivity index (χ0n) is 16.5. The number of benzene rings is 4. The van der Waals surface area contributed by atoms with Crippen molar-refractivity contribution in [1.29, 1.82) is 0 Å². The van der Waals surface area contributed by atoms with Crippen LogP contribution >= 0.6 is 23.2 Å². The summed E-state index contributed by atoms with van der Waals surface area (Å²) in [6, 6.07) is 25.4. The zero-order valence-corrected chi connectivity index (χ0v) is 18.0. The maximum absolute atomic E-state index is 13.1. The summed E-state index contributed by atoms with van der Waals surface area (Å²) in [7, 11) is 0. The molecular weight excluding hydrogens is 433 g/mol. The van der Waals surface area contributed by atoms with Gasteiger partial charge in [0.25, 0.3) is 0 Å². The normalized spacial score (nSPS) is 10.8. The van der Waals surface area contributed by atoms with Gasteiger partial charge < -0.3 is 9.84 Å². The molecule has 0 saturated carbocycles. The second-order valence-corrected chi connectivity index (χ2v) is 7.85. The van der Waals surface area contributed by atoms with Crippen LogP contribution in [0.15, 0.2) is 84.9 Å². The highest BCUT2D eigenvalue weighted by atomic mass is 35.5. The van der Waals surface area contributed by atoms with Crippen LogP contribution in [-0.2, 0) is 17.9 Å². The molecule has 4 aromatic rings. The van der Waals surface area contributed by atoms with Gasteiger partial charge in [-0.25, -0.2) is 4.79 Å². The molecule has 1 amide bonds. The van der Waals surface area contributed by atoms with Crippen LogP contribution in [0.3, 0.4) is 0 Å². The van der Waals surface area contributed by atoms with E-state index in [-0.39, 0.29) is 18.9 Å². The van der Waals surface area contributed by atoms with Gasteiger partial charge in [0, 0.05) is 10.6 Å². The van der Waals surface area contributed by atoms with E-state index in [9.17, 15) is 9.90 Å². The van der Waals surface area contributed by atoms with Crippen LogP contribution < -0.4 is 4.90 Å². The van der Waals surface area contributed by atoms with E-state index in [1.165, 1.54) is 4.90 Å². The fourth-order valence-electron chi connectivity index (χ4n) is 3.39. The molecule has 0 saturated heterocycles. The maximum Gasteiger partial charge on any atom is 0.414 e. The van der Waals surface area contributed by atoms with E-state index >= 15 is 0 Å². The number of hydrogen-bond acceptors (Lipinski definition) is 3. The lowest BCUT2D eigenvalue weighted by Crippen LogP contribution is -2.31. The first kappa shape index (κ1) is 21.0. The summed E-state index contributed by atoms with van der Waals surface area (Å²) in [5, 5.41) is 13.1. The van der Waals surface area contributed by atoms with E-state index in [2.05, 4.69) is 0 Å². The van der Waals surface area contributed by atoms with Crippen molar-refractivity contribution in [1.82, 2.24) is 0 Å². The largest absolute Gasteiger partial charge is 0.508 e. The molecule has 0 heterocycles. The van der Waals surface area contributed by atoms with E-state index in [0.29, 0.717) is 21.3 Å². The number of phenolic OH excluding ortho intramolecular Hbond substituents is 1. The molecular formula is C25H19Cl2NO3. The number of amides is 1. The van der Waals surface area contributed by atoms with Crippen molar-refractivity contribution in [2.24, 2.45) is 0 Å². The lowest BCUT2D eigenvalue weighted by atomic mass is 10.0. The summed E-state index contributed by atoms with van der Waals surface area (Å²) >= 11 is 12.5. The molecule has 4 rings (SSSR count). The predicted molar refractivity (Wildman–Crippen MR) is 125 cm³/mol. The summed E-state index contributed by atoms with van der Waals surface area (Å²) < 4.78 is 5.57. The Morgan fingerprint density at radius 3 is 2.42 bits per heavy atom. The van der Waals surface area contributed by atoms with Crippen molar-refractivity contribution in [2.75, 3.05) is 4.90 Å². The second kappa shape index (κ2) is 9.29. The first-order chi connectivity index (χ1) is 15.0. The minimum atomic E-state index is -0.583. The van der Waals surface area contributed by atoms with Gasteiger partial charge in [0.1, 0.15) is 12.4 Å². The van der Waals surface area contributed by atoms with Crippen molar-refractivity contribution in [3.05, 3.63) is 106 Å². The summed E-state index contributed by atoms with van der Waals surface area (Å²) in [6.07, 6.45) is -0.583. The number of nitrogens with zero attached hydrogens (tertiary/aromatic N) is 1. The molecule has 0 radical (unpaired) electrons. The highest BCUT2D eigenvalue weighted by Crippen LogP contribution is 2.34. The van der Waals surface area contributed by atoms with Crippen molar-refractivity contribution in [3.63, 3.8) is 0 Å². The number of hydrogen-bond donors (Lipinski definition) is 1. The van der Waals surface area contributed by atoms with Crippen LogP contribution in [0, 0.1) is 0 Å². The van der Waals surface area contributed by atoms with Gasteiger partial charge in [-0.1, -0.05) is 83.9 Å². The highest BCUT2D eigenvalue weighted by Gasteiger charge is 2.23. The van der Waals surface area contributed by atoms with Gasteiger partial charge in [0.2, 0.25) is 0 Å². The van der Waals surface area contributed by atoms with Crippen molar-refractivity contribution < 1.29 is 14.6 Å².